The summed E-state index contributed by atoms with van der Waals surface area (Å²) in [6, 6.07) is -0.864. The SMILES string of the molecule is CC(C)CC(NC(=O)c1csc(C(C)C)n1)C(=O)O. The Balaban J connectivity index is 2.73. The third-order valence-electron chi connectivity index (χ3n) is 2.56. The van der Waals surface area contributed by atoms with Crippen molar-refractivity contribution in [3.63, 3.8) is 0 Å². The van der Waals surface area contributed by atoms with Gasteiger partial charge in [-0.05, 0) is 12.3 Å². The van der Waals surface area contributed by atoms with Crippen LogP contribution in [0.15, 0.2) is 5.38 Å². The van der Waals surface area contributed by atoms with Crippen LogP contribution in [-0.4, -0.2) is 28.0 Å². The number of carboxylic acid groups (broad SMARTS) is 1. The van der Waals surface area contributed by atoms with Crippen LogP contribution in [-0.2, 0) is 4.79 Å². The van der Waals surface area contributed by atoms with Gasteiger partial charge in [0.1, 0.15) is 11.7 Å². The fourth-order valence-corrected chi connectivity index (χ4v) is 2.40. The highest BCUT2D eigenvalue weighted by Gasteiger charge is 2.23. The molecule has 0 fully saturated rings. The quantitative estimate of drug-likeness (QED) is 0.841. The first-order valence-corrected chi connectivity index (χ1v) is 7.18. The average molecular weight is 284 g/mol. The molecule has 0 spiro atoms. The smallest absolute Gasteiger partial charge is 0.326 e. The summed E-state index contributed by atoms with van der Waals surface area (Å²) in [5, 5.41) is 14.1. The lowest BCUT2D eigenvalue weighted by Gasteiger charge is -2.15. The fourth-order valence-electron chi connectivity index (χ4n) is 1.58. The van der Waals surface area contributed by atoms with E-state index in [0.29, 0.717) is 12.1 Å². The summed E-state index contributed by atoms with van der Waals surface area (Å²) >= 11 is 1.42. The number of rotatable bonds is 6. The summed E-state index contributed by atoms with van der Waals surface area (Å²) in [5.41, 5.74) is 0.295. The second kappa shape index (κ2) is 6.65. The minimum absolute atomic E-state index is 0.197. The van der Waals surface area contributed by atoms with Crippen molar-refractivity contribution in [3.05, 3.63) is 16.1 Å². The minimum Gasteiger partial charge on any atom is -0.480 e. The van der Waals surface area contributed by atoms with E-state index in [-0.39, 0.29) is 11.8 Å². The van der Waals surface area contributed by atoms with E-state index in [9.17, 15) is 9.59 Å². The monoisotopic (exact) mass is 284 g/mol. The predicted molar refractivity (Wildman–Crippen MR) is 74.5 cm³/mol. The maximum atomic E-state index is 11.9. The number of carboxylic acids is 1. The molecular weight excluding hydrogens is 264 g/mol. The van der Waals surface area contributed by atoms with Crippen molar-refractivity contribution in [2.75, 3.05) is 0 Å². The molecule has 0 saturated heterocycles. The van der Waals surface area contributed by atoms with E-state index in [1.54, 1.807) is 5.38 Å². The first-order valence-electron chi connectivity index (χ1n) is 6.30. The zero-order valence-corrected chi connectivity index (χ0v) is 12.5. The average Bonchev–Trinajstić information content (AvgIpc) is 2.76. The summed E-state index contributed by atoms with van der Waals surface area (Å²) in [4.78, 5) is 27.2. The van der Waals surface area contributed by atoms with Gasteiger partial charge in [-0.3, -0.25) is 4.79 Å². The van der Waals surface area contributed by atoms with Gasteiger partial charge in [0, 0.05) is 11.3 Å². The third-order valence-corrected chi connectivity index (χ3v) is 3.70. The van der Waals surface area contributed by atoms with Gasteiger partial charge in [-0.2, -0.15) is 0 Å². The summed E-state index contributed by atoms with van der Waals surface area (Å²) in [5.74, 6) is -0.974. The molecule has 0 aliphatic rings. The Bertz CT molecular complexity index is 454. The van der Waals surface area contributed by atoms with Gasteiger partial charge in [0.15, 0.2) is 0 Å². The van der Waals surface area contributed by atoms with Crippen LogP contribution in [0.25, 0.3) is 0 Å². The van der Waals surface area contributed by atoms with Crippen LogP contribution >= 0.6 is 11.3 Å². The standard InChI is InChI=1S/C13H20N2O3S/c1-7(2)5-9(13(17)18)14-11(16)10-6-19-12(15-10)8(3)4/h6-9H,5H2,1-4H3,(H,14,16)(H,17,18). The molecule has 0 saturated carbocycles. The van der Waals surface area contributed by atoms with Crippen LogP contribution in [0.5, 0.6) is 0 Å². The molecule has 0 aliphatic heterocycles. The Morgan fingerprint density at radius 2 is 2.00 bits per heavy atom. The molecule has 2 N–H and O–H groups in total. The van der Waals surface area contributed by atoms with Gasteiger partial charge in [0.25, 0.3) is 5.91 Å². The number of thiazole rings is 1. The van der Waals surface area contributed by atoms with Crippen molar-refractivity contribution in [2.45, 2.75) is 46.1 Å². The molecule has 5 nitrogen and oxygen atoms in total. The van der Waals surface area contributed by atoms with Crippen molar-refractivity contribution in [3.8, 4) is 0 Å². The van der Waals surface area contributed by atoms with E-state index >= 15 is 0 Å². The molecule has 6 heteroatoms. The van der Waals surface area contributed by atoms with Crippen molar-refractivity contribution in [1.82, 2.24) is 10.3 Å². The zero-order valence-electron chi connectivity index (χ0n) is 11.6. The molecule has 0 aliphatic carbocycles. The number of hydrogen-bond donors (Lipinski definition) is 2. The first-order chi connectivity index (χ1) is 8.81. The van der Waals surface area contributed by atoms with E-state index in [1.165, 1.54) is 11.3 Å². The summed E-state index contributed by atoms with van der Waals surface area (Å²) in [7, 11) is 0. The summed E-state index contributed by atoms with van der Waals surface area (Å²) in [6.45, 7) is 7.84. The summed E-state index contributed by atoms with van der Waals surface area (Å²) < 4.78 is 0. The van der Waals surface area contributed by atoms with E-state index in [2.05, 4.69) is 10.3 Å². The van der Waals surface area contributed by atoms with Crippen LogP contribution in [0, 0.1) is 5.92 Å². The van der Waals surface area contributed by atoms with Crippen molar-refractivity contribution >= 4 is 23.2 Å². The highest BCUT2D eigenvalue weighted by Crippen LogP contribution is 2.19. The molecule has 0 bridgehead atoms. The van der Waals surface area contributed by atoms with E-state index in [4.69, 9.17) is 5.11 Å². The maximum absolute atomic E-state index is 11.9. The molecule has 1 rings (SSSR count). The van der Waals surface area contributed by atoms with Gasteiger partial charge in [0.05, 0.1) is 5.01 Å². The number of nitrogens with zero attached hydrogens (tertiary/aromatic N) is 1. The van der Waals surface area contributed by atoms with Gasteiger partial charge >= 0.3 is 5.97 Å². The predicted octanol–water partition coefficient (Wildman–Crippen LogP) is 2.50. The topological polar surface area (TPSA) is 79.3 Å². The Hall–Kier alpha value is -1.43. The number of nitrogens with one attached hydrogen (secondary N) is 1. The summed E-state index contributed by atoms with van der Waals surface area (Å²) in [6.07, 6.45) is 0.405. The largest absolute Gasteiger partial charge is 0.480 e. The second-order valence-corrected chi connectivity index (χ2v) is 6.11. The van der Waals surface area contributed by atoms with Crippen LogP contribution in [0.3, 0.4) is 0 Å². The molecule has 1 aromatic heterocycles. The molecule has 0 aromatic carbocycles. The minimum atomic E-state index is -1.01. The first kappa shape index (κ1) is 15.6. The molecule has 1 aromatic rings. The molecule has 1 unspecified atom stereocenters. The number of hydrogen-bond acceptors (Lipinski definition) is 4. The van der Waals surface area contributed by atoms with E-state index < -0.39 is 17.9 Å². The van der Waals surface area contributed by atoms with Crippen LogP contribution in [0.2, 0.25) is 0 Å². The molecule has 1 atom stereocenters. The Kier molecular flexibility index (Phi) is 5.47. The zero-order chi connectivity index (χ0) is 14.6. The fraction of sp³-hybridized carbons (Fsp3) is 0.615. The van der Waals surface area contributed by atoms with Gasteiger partial charge in [-0.1, -0.05) is 27.7 Å². The van der Waals surface area contributed by atoms with E-state index in [0.717, 1.165) is 5.01 Å². The van der Waals surface area contributed by atoms with Crippen LogP contribution in [0.4, 0.5) is 0 Å². The second-order valence-electron chi connectivity index (χ2n) is 5.22. The maximum Gasteiger partial charge on any atom is 0.326 e. The number of aliphatic carboxylic acids is 1. The van der Waals surface area contributed by atoms with Crippen LogP contribution in [0.1, 0.15) is 55.5 Å². The molecule has 106 valence electrons. The highest BCUT2D eigenvalue weighted by molar-refractivity contribution is 7.09. The molecule has 19 heavy (non-hydrogen) atoms. The van der Waals surface area contributed by atoms with Gasteiger partial charge in [-0.15, -0.1) is 11.3 Å². The lowest BCUT2D eigenvalue weighted by atomic mass is 10.0. The lowest BCUT2D eigenvalue weighted by molar-refractivity contribution is -0.139. The highest BCUT2D eigenvalue weighted by atomic mass is 32.1. The van der Waals surface area contributed by atoms with Gasteiger partial charge in [-0.25, -0.2) is 9.78 Å². The Morgan fingerprint density at radius 1 is 1.37 bits per heavy atom. The van der Waals surface area contributed by atoms with Gasteiger partial charge < -0.3 is 10.4 Å². The molecular formula is C13H20N2O3S. The number of amides is 1. The Morgan fingerprint density at radius 3 is 2.42 bits per heavy atom. The lowest BCUT2D eigenvalue weighted by Crippen LogP contribution is -2.41. The molecule has 0 radical (unpaired) electrons. The van der Waals surface area contributed by atoms with Gasteiger partial charge in [0.2, 0.25) is 0 Å². The van der Waals surface area contributed by atoms with Crippen LogP contribution < -0.4 is 5.32 Å². The third kappa shape index (κ3) is 4.63. The molecule has 1 amide bonds. The van der Waals surface area contributed by atoms with Crippen molar-refractivity contribution in [1.29, 1.82) is 0 Å². The van der Waals surface area contributed by atoms with E-state index in [1.807, 2.05) is 27.7 Å². The Labute approximate surface area is 117 Å². The van der Waals surface area contributed by atoms with Crippen molar-refractivity contribution < 1.29 is 14.7 Å². The normalized spacial score (nSPS) is 12.7. The number of carbonyl (C=O) groups excluding carboxylic acids is 1. The number of aromatic nitrogens is 1. The number of carbonyl (C=O) groups is 2. The molecule has 1 heterocycles. The van der Waals surface area contributed by atoms with Crippen molar-refractivity contribution in [2.24, 2.45) is 5.92 Å².